The molecule has 0 unspecified atom stereocenters. The summed E-state index contributed by atoms with van der Waals surface area (Å²) >= 11 is 0. The van der Waals surface area contributed by atoms with E-state index in [0.717, 1.165) is 35.4 Å². The molecule has 156 valence electrons. The molecule has 1 aromatic heterocycles. The maximum atomic E-state index is 12.1. The van der Waals surface area contributed by atoms with Crippen LogP contribution in [0.1, 0.15) is 17.0 Å². The largest absolute Gasteiger partial charge is 0.476 e. The number of nitrogens with one attached hydrogen (secondary N) is 1. The van der Waals surface area contributed by atoms with Crippen LogP contribution in [0.3, 0.4) is 0 Å². The van der Waals surface area contributed by atoms with Gasteiger partial charge in [-0.15, -0.1) is 0 Å². The molecule has 0 bridgehead atoms. The van der Waals surface area contributed by atoms with E-state index in [1.807, 2.05) is 31.2 Å². The Morgan fingerprint density at radius 2 is 1.90 bits per heavy atom. The number of rotatable bonds is 8. The molecule has 0 aliphatic carbocycles. The van der Waals surface area contributed by atoms with Gasteiger partial charge in [-0.1, -0.05) is 29.8 Å². The van der Waals surface area contributed by atoms with Crippen LogP contribution in [0.25, 0.3) is 6.08 Å². The van der Waals surface area contributed by atoms with E-state index in [9.17, 15) is 8.42 Å². The van der Waals surface area contributed by atoms with Crippen molar-refractivity contribution in [1.29, 1.82) is 0 Å². The molecule has 1 aliphatic rings. The number of anilines is 1. The van der Waals surface area contributed by atoms with Crippen molar-refractivity contribution in [2.75, 3.05) is 44.4 Å². The lowest BCUT2D eigenvalue weighted by Crippen LogP contribution is -2.37. The fourth-order valence-electron chi connectivity index (χ4n) is 2.79. The van der Waals surface area contributed by atoms with E-state index >= 15 is 0 Å². The summed E-state index contributed by atoms with van der Waals surface area (Å²) in [6, 6.07) is 9.37. The van der Waals surface area contributed by atoms with Gasteiger partial charge in [0.25, 0.3) is 0 Å². The fraction of sp³-hybridized carbons (Fsp3) is 0.400. The number of sulfonamides is 1. The van der Waals surface area contributed by atoms with Gasteiger partial charge in [0.15, 0.2) is 0 Å². The first-order valence-corrected chi connectivity index (χ1v) is 11.0. The smallest absolute Gasteiger partial charge is 0.233 e. The highest BCUT2D eigenvalue weighted by Gasteiger charge is 2.14. The van der Waals surface area contributed by atoms with Crippen molar-refractivity contribution < 1.29 is 17.9 Å². The quantitative estimate of drug-likeness (QED) is 0.655. The molecule has 1 fully saturated rings. The summed E-state index contributed by atoms with van der Waals surface area (Å²) in [7, 11) is -3.54. The minimum absolute atomic E-state index is 0.135. The third-order valence-corrected chi connectivity index (χ3v) is 5.41. The van der Waals surface area contributed by atoms with E-state index in [1.54, 1.807) is 19.1 Å². The lowest BCUT2D eigenvalue weighted by molar-refractivity contribution is 0.122. The number of benzene rings is 1. The van der Waals surface area contributed by atoms with Gasteiger partial charge < -0.3 is 14.4 Å². The third kappa shape index (κ3) is 6.81. The van der Waals surface area contributed by atoms with Crippen molar-refractivity contribution in [2.24, 2.45) is 0 Å². The highest BCUT2D eigenvalue weighted by atomic mass is 32.2. The van der Waals surface area contributed by atoms with Crippen LogP contribution in [-0.4, -0.2) is 57.8 Å². The van der Waals surface area contributed by atoms with Crippen LogP contribution in [0.15, 0.2) is 35.7 Å². The lowest BCUT2D eigenvalue weighted by Gasteiger charge is -2.28. The van der Waals surface area contributed by atoms with Crippen LogP contribution in [-0.2, 0) is 14.8 Å². The van der Waals surface area contributed by atoms with Gasteiger partial charge >= 0.3 is 0 Å². The number of hydrogen-bond donors (Lipinski definition) is 1. The topological polar surface area (TPSA) is 93.7 Å². The Labute approximate surface area is 171 Å². The molecule has 1 N–H and O–H groups in total. The fourth-order valence-corrected chi connectivity index (χ4v) is 3.59. The first-order chi connectivity index (χ1) is 13.9. The van der Waals surface area contributed by atoms with Gasteiger partial charge in [0.2, 0.25) is 15.9 Å². The molecule has 3 rings (SSSR count). The van der Waals surface area contributed by atoms with Crippen molar-refractivity contribution in [1.82, 2.24) is 14.7 Å². The van der Waals surface area contributed by atoms with Gasteiger partial charge in [0, 0.05) is 31.1 Å². The molecule has 1 saturated heterocycles. The molecule has 9 heteroatoms. The van der Waals surface area contributed by atoms with Crippen molar-refractivity contribution in [2.45, 2.75) is 13.8 Å². The maximum absolute atomic E-state index is 12.1. The Morgan fingerprint density at radius 1 is 1.17 bits per heavy atom. The van der Waals surface area contributed by atoms with Crippen LogP contribution in [0.2, 0.25) is 0 Å². The zero-order valence-electron chi connectivity index (χ0n) is 16.7. The number of aryl methyl sites for hydroxylation is 2. The second-order valence-corrected chi connectivity index (χ2v) is 8.36. The summed E-state index contributed by atoms with van der Waals surface area (Å²) in [5.74, 6) is 1.82. The molecule has 1 aromatic carbocycles. The first-order valence-electron chi connectivity index (χ1n) is 9.47. The maximum Gasteiger partial charge on any atom is 0.233 e. The Kier molecular flexibility index (Phi) is 7.18. The first kappa shape index (κ1) is 21.2. The second-order valence-electron chi connectivity index (χ2n) is 6.71. The van der Waals surface area contributed by atoms with Gasteiger partial charge in [-0.2, -0.15) is 4.98 Å². The minimum atomic E-state index is -3.54. The van der Waals surface area contributed by atoms with Crippen molar-refractivity contribution >= 4 is 21.9 Å². The molecule has 29 heavy (non-hydrogen) atoms. The molecule has 0 atom stereocenters. The monoisotopic (exact) mass is 418 g/mol. The van der Waals surface area contributed by atoms with Crippen molar-refractivity contribution in [3.63, 3.8) is 0 Å². The number of aromatic nitrogens is 2. The Balaban J connectivity index is 1.50. The molecule has 1 aliphatic heterocycles. The lowest BCUT2D eigenvalue weighted by atomic mass is 10.2. The second kappa shape index (κ2) is 9.82. The van der Waals surface area contributed by atoms with Gasteiger partial charge in [0.1, 0.15) is 18.2 Å². The van der Waals surface area contributed by atoms with Gasteiger partial charge in [0.05, 0.1) is 13.2 Å². The van der Waals surface area contributed by atoms with E-state index in [0.29, 0.717) is 24.9 Å². The normalized spacial score (nSPS) is 15.0. The zero-order valence-corrected chi connectivity index (χ0v) is 17.5. The molecule has 0 saturated carbocycles. The molecule has 0 radical (unpaired) electrons. The van der Waals surface area contributed by atoms with Crippen LogP contribution in [0.5, 0.6) is 5.88 Å². The van der Waals surface area contributed by atoms with Crippen molar-refractivity contribution in [3.05, 3.63) is 52.7 Å². The van der Waals surface area contributed by atoms with Crippen LogP contribution in [0.4, 0.5) is 5.82 Å². The van der Waals surface area contributed by atoms with E-state index in [4.69, 9.17) is 9.47 Å². The van der Waals surface area contributed by atoms with E-state index in [-0.39, 0.29) is 13.2 Å². The van der Waals surface area contributed by atoms with E-state index < -0.39 is 10.0 Å². The summed E-state index contributed by atoms with van der Waals surface area (Å²) in [5.41, 5.74) is 1.95. The number of nitrogens with zero attached hydrogens (tertiary/aromatic N) is 3. The summed E-state index contributed by atoms with van der Waals surface area (Å²) in [6.07, 6.45) is 1.56. The van der Waals surface area contributed by atoms with Gasteiger partial charge in [-0.25, -0.2) is 18.1 Å². The SMILES string of the molecule is Cc1ccc(/C=C/S(=O)(=O)NCCOc2cc(N3CCOCC3)nc(C)n2)cc1. The summed E-state index contributed by atoms with van der Waals surface area (Å²) in [4.78, 5) is 10.8. The van der Waals surface area contributed by atoms with Crippen LogP contribution >= 0.6 is 0 Å². The Bertz CT molecular complexity index is 939. The Hall–Kier alpha value is -2.49. The number of hydrogen-bond acceptors (Lipinski definition) is 7. The average molecular weight is 419 g/mol. The van der Waals surface area contributed by atoms with Crippen LogP contribution in [0, 0.1) is 13.8 Å². The summed E-state index contributed by atoms with van der Waals surface area (Å²) in [5, 5.41) is 1.16. The van der Waals surface area contributed by atoms with Crippen molar-refractivity contribution in [3.8, 4) is 5.88 Å². The minimum Gasteiger partial charge on any atom is -0.476 e. The molecular weight excluding hydrogens is 392 g/mol. The van der Waals surface area contributed by atoms with Gasteiger partial charge in [-0.3, -0.25) is 0 Å². The summed E-state index contributed by atoms with van der Waals surface area (Å²) in [6.45, 7) is 6.94. The average Bonchev–Trinajstić information content (AvgIpc) is 2.71. The molecule has 2 aromatic rings. The molecule has 2 heterocycles. The Morgan fingerprint density at radius 3 is 2.62 bits per heavy atom. The summed E-state index contributed by atoms with van der Waals surface area (Å²) < 4.78 is 37.7. The standard InChI is InChI=1S/C20H26N4O4S/c1-16-3-5-18(6-4-16)7-14-29(25,26)21-8-11-28-20-15-19(22-17(2)23-20)24-9-12-27-13-10-24/h3-7,14-15,21H,8-13H2,1-2H3/b14-7+. The number of ether oxygens (including phenoxy) is 2. The van der Waals surface area contributed by atoms with Gasteiger partial charge in [-0.05, 0) is 25.5 Å². The number of morpholine rings is 1. The van der Waals surface area contributed by atoms with Crippen LogP contribution < -0.4 is 14.4 Å². The molecular formula is C20H26N4O4S. The highest BCUT2D eigenvalue weighted by molar-refractivity contribution is 7.92. The molecule has 0 spiro atoms. The zero-order chi connectivity index (χ0) is 20.7. The molecule has 8 nitrogen and oxygen atoms in total. The third-order valence-electron chi connectivity index (χ3n) is 4.31. The van der Waals surface area contributed by atoms with E-state index in [2.05, 4.69) is 19.6 Å². The predicted octanol–water partition coefficient (Wildman–Crippen LogP) is 1.90. The van der Waals surface area contributed by atoms with E-state index in [1.165, 1.54) is 0 Å². The predicted molar refractivity (Wildman–Crippen MR) is 112 cm³/mol. The highest BCUT2D eigenvalue weighted by Crippen LogP contribution is 2.18. The molecule has 0 amide bonds.